The van der Waals surface area contributed by atoms with Crippen LogP contribution in [-0.2, 0) is 10.0 Å². The number of hydrogen-bond donors (Lipinski definition) is 3. The van der Waals surface area contributed by atoms with Crippen molar-refractivity contribution < 1.29 is 23.4 Å². The van der Waals surface area contributed by atoms with Crippen LogP contribution in [0.2, 0.25) is 0 Å². The molecule has 0 atom stereocenters. The second kappa shape index (κ2) is 7.01. The zero-order valence-corrected chi connectivity index (χ0v) is 13.1. The molecule has 7 nitrogen and oxygen atoms in total. The summed E-state index contributed by atoms with van der Waals surface area (Å²) in [4.78, 5) is 2.11. The second-order valence-corrected chi connectivity index (χ2v) is 6.17. The molecule has 2 rings (SSSR count). The molecular weight excluding hydrogens is 320 g/mol. The lowest BCUT2D eigenvalue weighted by Gasteiger charge is -2.05. The highest BCUT2D eigenvalue weighted by Crippen LogP contribution is 2.24. The topological polar surface area (TPSA) is 108 Å². The predicted octanol–water partition coefficient (Wildman–Crippen LogP) is 1.81. The molecule has 0 aliphatic rings. The lowest BCUT2D eigenvalue weighted by molar-refractivity contribution is 0.340. The van der Waals surface area contributed by atoms with Crippen molar-refractivity contribution in [1.29, 1.82) is 0 Å². The zero-order valence-electron chi connectivity index (χ0n) is 12.3. The molecule has 0 aliphatic heterocycles. The van der Waals surface area contributed by atoms with E-state index in [2.05, 4.69) is 9.93 Å². The molecular formula is C15H16N2O5S. The summed E-state index contributed by atoms with van der Waals surface area (Å²) < 4.78 is 29.4. The Morgan fingerprint density at radius 2 is 1.83 bits per heavy atom. The number of ether oxygens (including phenoxy) is 1. The van der Waals surface area contributed by atoms with Crippen molar-refractivity contribution >= 4 is 16.2 Å². The normalized spacial score (nSPS) is 11.5. The number of benzene rings is 2. The van der Waals surface area contributed by atoms with Gasteiger partial charge in [-0.2, -0.15) is 13.5 Å². The molecule has 0 fully saturated rings. The largest absolute Gasteiger partial charge is 0.504 e. The minimum atomic E-state index is -3.80. The van der Waals surface area contributed by atoms with Gasteiger partial charge in [0.25, 0.3) is 10.0 Å². The van der Waals surface area contributed by atoms with Crippen LogP contribution < -0.4 is 9.57 Å². The highest BCUT2D eigenvalue weighted by Gasteiger charge is 2.12. The van der Waals surface area contributed by atoms with Gasteiger partial charge in [0.15, 0.2) is 11.5 Å². The van der Waals surface area contributed by atoms with E-state index in [-0.39, 0.29) is 16.4 Å². The van der Waals surface area contributed by atoms with Crippen molar-refractivity contribution in [3.05, 3.63) is 48.0 Å². The fourth-order valence-electron chi connectivity index (χ4n) is 1.73. The molecule has 0 bridgehead atoms. The lowest BCUT2D eigenvalue weighted by Crippen LogP contribution is -2.18. The number of hydrazone groups is 1. The van der Waals surface area contributed by atoms with Crippen molar-refractivity contribution in [2.45, 2.75) is 11.8 Å². The molecule has 0 unspecified atom stereocenters. The summed E-state index contributed by atoms with van der Waals surface area (Å²) in [6.45, 7) is 2.33. The average molecular weight is 336 g/mol. The Morgan fingerprint density at radius 1 is 1.13 bits per heavy atom. The summed E-state index contributed by atoms with van der Waals surface area (Å²) >= 11 is 0. The third-order valence-electron chi connectivity index (χ3n) is 2.83. The Labute approximate surface area is 133 Å². The molecule has 122 valence electrons. The van der Waals surface area contributed by atoms with Crippen molar-refractivity contribution in [1.82, 2.24) is 4.83 Å². The molecule has 3 N–H and O–H groups in total. The van der Waals surface area contributed by atoms with E-state index in [1.807, 2.05) is 6.92 Å². The highest BCUT2D eigenvalue weighted by molar-refractivity contribution is 7.89. The van der Waals surface area contributed by atoms with Crippen LogP contribution in [0.3, 0.4) is 0 Å². The van der Waals surface area contributed by atoms with Crippen LogP contribution in [0, 0.1) is 0 Å². The number of nitrogens with one attached hydrogen (secondary N) is 1. The molecule has 0 spiro atoms. The van der Waals surface area contributed by atoms with E-state index in [0.717, 1.165) is 0 Å². The standard InChI is InChI=1S/C15H16N2O5S/c1-2-22-12-4-6-13(7-5-12)23(20,21)17-16-10-11-3-8-14(18)15(19)9-11/h3-10,17-19H,2H2,1H3. The summed E-state index contributed by atoms with van der Waals surface area (Å²) in [5.41, 5.74) is 0.426. The smallest absolute Gasteiger partial charge is 0.276 e. The van der Waals surface area contributed by atoms with E-state index < -0.39 is 10.0 Å². The maximum absolute atomic E-state index is 12.1. The van der Waals surface area contributed by atoms with Gasteiger partial charge >= 0.3 is 0 Å². The Hall–Kier alpha value is -2.74. The zero-order chi connectivity index (χ0) is 16.9. The average Bonchev–Trinajstić information content (AvgIpc) is 2.51. The van der Waals surface area contributed by atoms with Crippen LogP contribution in [0.5, 0.6) is 17.2 Å². The van der Waals surface area contributed by atoms with Crippen LogP contribution in [0.4, 0.5) is 0 Å². The van der Waals surface area contributed by atoms with Crippen molar-refractivity contribution in [2.24, 2.45) is 5.10 Å². The quantitative estimate of drug-likeness (QED) is 0.423. The lowest BCUT2D eigenvalue weighted by atomic mass is 10.2. The number of aromatic hydroxyl groups is 2. The van der Waals surface area contributed by atoms with Gasteiger partial charge in [-0.3, -0.25) is 0 Å². The summed E-state index contributed by atoms with van der Waals surface area (Å²) in [5, 5.41) is 22.2. The first-order valence-electron chi connectivity index (χ1n) is 6.72. The van der Waals surface area contributed by atoms with E-state index in [0.29, 0.717) is 17.9 Å². The molecule has 0 amide bonds. The maximum Gasteiger partial charge on any atom is 0.276 e. The molecule has 2 aromatic rings. The Morgan fingerprint density at radius 3 is 2.43 bits per heavy atom. The van der Waals surface area contributed by atoms with Gasteiger partial charge in [-0.05, 0) is 55.0 Å². The minimum Gasteiger partial charge on any atom is -0.504 e. The highest BCUT2D eigenvalue weighted by atomic mass is 32.2. The molecule has 0 aliphatic carbocycles. The fourth-order valence-corrected chi connectivity index (χ4v) is 2.52. The molecule has 0 radical (unpaired) electrons. The summed E-state index contributed by atoms with van der Waals surface area (Å²) in [6.07, 6.45) is 1.21. The van der Waals surface area contributed by atoms with Crippen LogP contribution in [0.15, 0.2) is 52.5 Å². The fraction of sp³-hybridized carbons (Fsp3) is 0.133. The summed E-state index contributed by atoms with van der Waals surface area (Å²) in [6, 6.07) is 9.94. The number of hydrogen-bond acceptors (Lipinski definition) is 6. The van der Waals surface area contributed by atoms with Crippen LogP contribution in [0.1, 0.15) is 12.5 Å². The third kappa shape index (κ3) is 4.36. The van der Waals surface area contributed by atoms with Gasteiger partial charge in [0.05, 0.1) is 17.7 Å². The summed E-state index contributed by atoms with van der Waals surface area (Å²) in [7, 11) is -3.80. The van der Waals surface area contributed by atoms with Gasteiger partial charge in [-0.25, -0.2) is 4.83 Å². The molecule has 0 saturated heterocycles. The first-order valence-corrected chi connectivity index (χ1v) is 8.20. The molecule has 0 heterocycles. The van der Waals surface area contributed by atoms with E-state index >= 15 is 0 Å². The van der Waals surface area contributed by atoms with Crippen molar-refractivity contribution in [3.63, 3.8) is 0 Å². The molecule has 0 aromatic heterocycles. The SMILES string of the molecule is CCOc1ccc(S(=O)(=O)NN=Cc2ccc(O)c(O)c2)cc1. The number of phenolic OH excluding ortho intramolecular Hbond substituents is 2. The van der Waals surface area contributed by atoms with Gasteiger partial charge in [0.2, 0.25) is 0 Å². The van der Waals surface area contributed by atoms with Gasteiger partial charge in [-0.15, -0.1) is 0 Å². The van der Waals surface area contributed by atoms with Crippen molar-refractivity contribution in [2.75, 3.05) is 6.61 Å². The van der Waals surface area contributed by atoms with Gasteiger partial charge in [-0.1, -0.05) is 0 Å². The van der Waals surface area contributed by atoms with Crippen LogP contribution in [-0.4, -0.2) is 31.5 Å². The maximum atomic E-state index is 12.1. The first kappa shape index (κ1) is 16.6. The van der Waals surface area contributed by atoms with Crippen LogP contribution >= 0.6 is 0 Å². The molecule has 8 heteroatoms. The number of phenols is 2. The van der Waals surface area contributed by atoms with Crippen LogP contribution in [0.25, 0.3) is 0 Å². The number of rotatable bonds is 6. The van der Waals surface area contributed by atoms with Crippen molar-refractivity contribution in [3.8, 4) is 17.2 Å². The van der Waals surface area contributed by atoms with E-state index in [1.165, 1.54) is 36.5 Å². The summed E-state index contributed by atoms with van der Waals surface area (Å²) in [5.74, 6) is -0.00467. The third-order valence-corrected chi connectivity index (χ3v) is 4.07. The Balaban J connectivity index is 2.08. The predicted molar refractivity (Wildman–Crippen MR) is 85.3 cm³/mol. The van der Waals surface area contributed by atoms with E-state index in [4.69, 9.17) is 4.74 Å². The number of nitrogens with zero attached hydrogens (tertiary/aromatic N) is 1. The monoisotopic (exact) mass is 336 g/mol. The molecule has 2 aromatic carbocycles. The van der Waals surface area contributed by atoms with E-state index in [1.54, 1.807) is 12.1 Å². The van der Waals surface area contributed by atoms with Gasteiger partial charge < -0.3 is 14.9 Å². The second-order valence-electron chi connectivity index (χ2n) is 4.51. The number of sulfonamides is 1. The van der Waals surface area contributed by atoms with Gasteiger partial charge in [0, 0.05) is 0 Å². The minimum absolute atomic E-state index is 0.0478. The Kier molecular flexibility index (Phi) is 5.07. The van der Waals surface area contributed by atoms with E-state index in [9.17, 15) is 18.6 Å². The Bertz CT molecular complexity index is 801. The molecule has 23 heavy (non-hydrogen) atoms. The van der Waals surface area contributed by atoms with Gasteiger partial charge in [0.1, 0.15) is 5.75 Å². The molecule has 0 saturated carbocycles. The first-order chi connectivity index (χ1) is 10.9.